The van der Waals surface area contributed by atoms with E-state index in [0.717, 1.165) is 23.4 Å². The second kappa shape index (κ2) is 7.37. The molecule has 0 bridgehead atoms. The van der Waals surface area contributed by atoms with Crippen LogP contribution in [0.4, 0.5) is 0 Å². The Morgan fingerprint density at radius 3 is 3.00 bits per heavy atom. The lowest BCUT2D eigenvalue weighted by molar-refractivity contribution is -0.121. The number of hydrogen-bond donors (Lipinski definition) is 1. The third-order valence-corrected chi connectivity index (χ3v) is 4.66. The van der Waals surface area contributed by atoms with Crippen LogP contribution in [0.1, 0.15) is 24.8 Å². The van der Waals surface area contributed by atoms with Crippen LogP contribution in [-0.2, 0) is 17.8 Å². The molecule has 3 aromatic rings. The number of benzene rings is 1. The molecule has 23 heavy (non-hydrogen) atoms. The van der Waals surface area contributed by atoms with E-state index < -0.39 is 0 Å². The average Bonchev–Trinajstić information content (AvgIpc) is 3.15. The van der Waals surface area contributed by atoms with Gasteiger partial charge >= 0.3 is 0 Å². The van der Waals surface area contributed by atoms with Crippen LogP contribution in [0.2, 0.25) is 0 Å². The number of aryl methyl sites for hydroxylation is 1. The molecular formula is C17H20N4OS. The van der Waals surface area contributed by atoms with Crippen LogP contribution in [0.5, 0.6) is 0 Å². The summed E-state index contributed by atoms with van der Waals surface area (Å²) >= 11 is 1.71. The first-order valence-corrected chi connectivity index (χ1v) is 8.63. The SMILES string of the molecule is C[C@H](Cn1cccn1)NC(=O)CCCc1nc2ccccc2s1. The highest BCUT2D eigenvalue weighted by Crippen LogP contribution is 2.22. The number of carbonyl (C=O) groups excluding carboxylic acids is 1. The van der Waals surface area contributed by atoms with Crippen LogP contribution in [0.15, 0.2) is 42.7 Å². The molecule has 0 radical (unpaired) electrons. The average molecular weight is 328 g/mol. The van der Waals surface area contributed by atoms with Crippen LogP contribution in [0.3, 0.4) is 0 Å². The van der Waals surface area contributed by atoms with Gasteiger partial charge in [0, 0.05) is 24.9 Å². The number of amides is 1. The summed E-state index contributed by atoms with van der Waals surface area (Å²) in [5, 5.41) is 8.26. The molecule has 2 aromatic heterocycles. The molecule has 0 saturated carbocycles. The molecule has 1 amide bonds. The number of thiazole rings is 1. The fraction of sp³-hybridized carbons (Fsp3) is 0.353. The summed E-state index contributed by atoms with van der Waals surface area (Å²) in [6.07, 6.45) is 5.84. The molecule has 2 heterocycles. The predicted molar refractivity (Wildman–Crippen MR) is 92.4 cm³/mol. The molecule has 120 valence electrons. The van der Waals surface area contributed by atoms with Crippen LogP contribution in [0, 0.1) is 0 Å². The van der Waals surface area contributed by atoms with E-state index in [2.05, 4.69) is 21.5 Å². The number of fused-ring (bicyclic) bond motifs is 1. The lowest BCUT2D eigenvalue weighted by Gasteiger charge is -2.13. The van der Waals surface area contributed by atoms with Gasteiger partial charge < -0.3 is 5.32 Å². The van der Waals surface area contributed by atoms with E-state index in [0.29, 0.717) is 13.0 Å². The topological polar surface area (TPSA) is 59.8 Å². The van der Waals surface area contributed by atoms with Gasteiger partial charge in [-0.2, -0.15) is 5.10 Å². The third kappa shape index (κ3) is 4.39. The van der Waals surface area contributed by atoms with E-state index in [1.807, 2.05) is 42.1 Å². The van der Waals surface area contributed by atoms with Crippen molar-refractivity contribution in [2.24, 2.45) is 0 Å². The highest BCUT2D eigenvalue weighted by Gasteiger charge is 2.09. The van der Waals surface area contributed by atoms with Gasteiger partial charge in [0.05, 0.1) is 21.8 Å². The van der Waals surface area contributed by atoms with Crippen molar-refractivity contribution in [3.05, 3.63) is 47.7 Å². The summed E-state index contributed by atoms with van der Waals surface area (Å²) < 4.78 is 3.03. The molecule has 1 aromatic carbocycles. The Morgan fingerprint density at radius 2 is 2.22 bits per heavy atom. The highest BCUT2D eigenvalue weighted by molar-refractivity contribution is 7.18. The molecule has 0 aliphatic carbocycles. The van der Waals surface area contributed by atoms with Gasteiger partial charge in [0.1, 0.15) is 0 Å². The lowest BCUT2D eigenvalue weighted by atomic mass is 10.2. The molecule has 0 fully saturated rings. The first kappa shape index (κ1) is 15.7. The normalized spacial score (nSPS) is 12.4. The highest BCUT2D eigenvalue weighted by atomic mass is 32.1. The second-order valence-corrected chi connectivity index (χ2v) is 6.74. The standard InChI is InChI=1S/C17H20N4OS/c1-13(12-21-11-5-10-18-21)19-16(22)8-4-9-17-20-14-6-2-3-7-15(14)23-17/h2-3,5-7,10-11,13H,4,8-9,12H2,1H3,(H,19,22)/t13-/m1/s1. The quantitative estimate of drug-likeness (QED) is 0.725. The van der Waals surface area contributed by atoms with Gasteiger partial charge in [0.25, 0.3) is 0 Å². The first-order chi connectivity index (χ1) is 11.2. The van der Waals surface area contributed by atoms with Crippen LogP contribution in [0.25, 0.3) is 10.2 Å². The van der Waals surface area contributed by atoms with E-state index in [4.69, 9.17) is 0 Å². The number of nitrogens with one attached hydrogen (secondary N) is 1. The van der Waals surface area contributed by atoms with Crippen molar-refractivity contribution in [1.29, 1.82) is 0 Å². The number of aromatic nitrogens is 3. The molecule has 0 aliphatic rings. The summed E-state index contributed by atoms with van der Waals surface area (Å²) in [6.45, 7) is 2.68. The molecule has 5 nitrogen and oxygen atoms in total. The molecule has 0 unspecified atom stereocenters. The minimum absolute atomic E-state index is 0.0739. The Bertz CT molecular complexity index is 733. The summed E-state index contributed by atoms with van der Waals surface area (Å²) in [6, 6.07) is 10.1. The van der Waals surface area contributed by atoms with Crippen LogP contribution < -0.4 is 5.32 Å². The molecule has 6 heteroatoms. The summed E-state index contributed by atoms with van der Waals surface area (Å²) in [5.74, 6) is 0.0887. The maximum absolute atomic E-state index is 12.0. The van der Waals surface area contributed by atoms with Gasteiger partial charge in [-0.15, -0.1) is 11.3 Å². The van der Waals surface area contributed by atoms with Gasteiger partial charge in [0.15, 0.2) is 0 Å². The van der Waals surface area contributed by atoms with Crippen LogP contribution in [-0.4, -0.2) is 26.7 Å². The number of rotatable bonds is 7. The van der Waals surface area contributed by atoms with Crippen molar-refractivity contribution in [1.82, 2.24) is 20.1 Å². The Kier molecular flexibility index (Phi) is 5.02. The van der Waals surface area contributed by atoms with E-state index in [9.17, 15) is 4.79 Å². The maximum atomic E-state index is 12.0. The second-order valence-electron chi connectivity index (χ2n) is 5.63. The fourth-order valence-corrected chi connectivity index (χ4v) is 3.52. The zero-order chi connectivity index (χ0) is 16.1. The Morgan fingerprint density at radius 1 is 1.35 bits per heavy atom. The molecular weight excluding hydrogens is 308 g/mol. The van der Waals surface area contributed by atoms with Gasteiger partial charge in [0.2, 0.25) is 5.91 Å². The number of para-hydroxylation sites is 1. The number of nitrogens with zero attached hydrogens (tertiary/aromatic N) is 3. The van der Waals surface area contributed by atoms with Gasteiger partial charge in [-0.05, 0) is 38.0 Å². The van der Waals surface area contributed by atoms with E-state index >= 15 is 0 Å². The van der Waals surface area contributed by atoms with Crippen molar-refractivity contribution < 1.29 is 4.79 Å². The molecule has 0 saturated heterocycles. The summed E-state index contributed by atoms with van der Waals surface area (Å²) in [4.78, 5) is 16.6. The first-order valence-electron chi connectivity index (χ1n) is 7.82. The van der Waals surface area contributed by atoms with Crippen molar-refractivity contribution in [2.75, 3.05) is 0 Å². The Hall–Kier alpha value is -2.21. The van der Waals surface area contributed by atoms with Gasteiger partial charge in [-0.1, -0.05) is 12.1 Å². The molecule has 1 atom stereocenters. The van der Waals surface area contributed by atoms with Gasteiger partial charge in [-0.3, -0.25) is 9.48 Å². The lowest BCUT2D eigenvalue weighted by Crippen LogP contribution is -2.35. The van der Waals surface area contributed by atoms with Crippen LogP contribution >= 0.6 is 11.3 Å². The molecule has 0 aliphatic heterocycles. The Labute approximate surface area is 139 Å². The Balaban J connectivity index is 1.42. The van der Waals surface area contributed by atoms with Gasteiger partial charge in [-0.25, -0.2) is 4.98 Å². The minimum Gasteiger partial charge on any atom is -0.352 e. The zero-order valence-corrected chi connectivity index (χ0v) is 13.9. The number of hydrogen-bond acceptors (Lipinski definition) is 4. The maximum Gasteiger partial charge on any atom is 0.220 e. The predicted octanol–water partition coefficient (Wildman–Crippen LogP) is 3.02. The minimum atomic E-state index is 0.0739. The van der Waals surface area contributed by atoms with Crippen molar-refractivity contribution in [3.8, 4) is 0 Å². The fourth-order valence-electron chi connectivity index (χ4n) is 2.51. The molecule has 1 N–H and O–H groups in total. The summed E-state index contributed by atoms with van der Waals surface area (Å²) in [7, 11) is 0. The summed E-state index contributed by atoms with van der Waals surface area (Å²) in [5.41, 5.74) is 1.05. The smallest absolute Gasteiger partial charge is 0.220 e. The van der Waals surface area contributed by atoms with E-state index in [-0.39, 0.29) is 11.9 Å². The van der Waals surface area contributed by atoms with Crippen molar-refractivity contribution >= 4 is 27.5 Å². The monoisotopic (exact) mass is 328 g/mol. The van der Waals surface area contributed by atoms with Crippen molar-refractivity contribution in [3.63, 3.8) is 0 Å². The third-order valence-electron chi connectivity index (χ3n) is 3.56. The van der Waals surface area contributed by atoms with E-state index in [1.54, 1.807) is 17.5 Å². The molecule has 3 rings (SSSR count). The largest absolute Gasteiger partial charge is 0.352 e. The molecule has 0 spiro atoms. The number of carbonyl (C=O) groups is 1. The van der Waals surface area contributed by atoms with E-state index in [1.165, 1.54) is 4.70 Å². The zero-order valence-electron chi connectivity index (χ0n) is 13.1. The van der Waals surface area contributed by atoms with Crippen molar-refractivity contribution in [2.45, 2.75) is 38.8 Å².